The standard InChI is InChI=1S/C31H41N7O6S/c1-20-18-37(12-13-43-3)19-26(20)34-31(40)35-28-21(2)27(36-38(28)24-8-6-5-7-9-24)22-16-25(30(44-4)32-17-22)29(39)33-23-10-14-45(41,42)15-11-23/h5-9,16-17,20,23,26H,10-15,18-19H2,1-4H3,(H,33,39)(H2,34,35,40)/t20-,26-/m1/s1. The summed E-state index contributed by atoms with van der Waals surface area (Å²) in [5, 5.41) is 13.9. The first kappa shape index (κ1) is 32.4. The lowest BCUT2D eigenvalue weighted by molar-refractivity contribution is 0.0930. The highest BCUT2D eigenvalue weighted by Crippen LogP contribution is 2.32. The fourth-order valence-corrected chi connectivity index (χ4v) is 7.34. The van der Waals surface area contributed by atoms with Gasteiger partial charge in [-0.2, -0.15) is 5.10 Å². The molecule has 0 bridgehead atoms. The van der Waals surface area contributed by atoms with Gasteiger partial charge in [-0.05, 0) is 43.9 Å². The number of urea groups is 1. The van der Waals surface area contributed by atoms with Gasteiger partial charge in [0.15, 0.2) is 0 Å². The van der Waals surface area contributed by atoms with Crippen LogP contribution in [0, 0.1) is 12.8 Å². The quantitative estimate of drug-likeness (QED) is 0.304. The highest BCUT2D eigenvalue weighted by Gasteiger charge is 2.31. The predicted octanol–water partition coefficient (Wildman–Crippen LogP) is 2.65. The first-order chi connectivity index (χ1) is 21.6. The summed E-state index contributed by atoms with van der Waals surface area (Å²) in [5.41, 5.74) is 2.72. The molecule has 242 valence electrons. The van der Waals surface area contributed by atoms with Crippen LogP contribution in [0.5, 0.6) is 5.88 Å². The van der Waals surface area contributed by atoms with E-state index in [2.05, 4.69) is 32.8 Å². The molecule has 5 rings (SSSR count). The van der Waals surface area contributed by atoms with Gasteiger partial charge < -0.3 is 20.1 Å². The normalized spacial score (nSPS) is 20.1. The fourth-order valence-electron chi connectivity index (χ4n) is 5.85. The Labute approximate surface area is 263 Å². The highest BCUT2D eigenvalue weighted by atomic mass is 32.2. The molecular weight excluding hydrogens is 598 g/mol. The van der Waals surface area contributed by atoms with Gasteiger partial charge in [-0.3, -0.25) is 15.0 Å². The van der Waals surface area contributed by atoms with Crippen molar-refractivity contribution in [1.82, 2.24) is 30.3 Å². The summed E-state index contributed by atoms with van der Waals surface area (Å²) < 4.78 is 36.0. The molecule has 2 aliphatic rings. The Morgan fingerprint density at radius 3 is 2.49 bits per heavy atom. The van der Waals surface area contributed by atoms with Crippen LogP contribution in [-0.4, -0.2) is 104 Å². The Kier molecular flexibility index (Phi) is 10.0. The third-order valence-corrected chi connectivity index (χ3v) is 10.1. The number of benzene rings is 1. The van der Waals surface area contributed by atoms with Crippen LogP contribution in [-0.2, 0) is 14.6 Å². The van der Waals surface area contributed by atoms with Gasteiger partial charge in [0.1, 0.15) is 21.2 Å². The molecule has 2 saturated heterocycles. The second-order valence-corrected chi connectivity index (χ2v) is 14.0. The monoisotopic (exact) mass is 639 g/mol. The van der Waals surface area contributed by atoms with Crippen LogP contribution in [0.25, 0.3) is 16.9 Å². The van der Waals surface area contributed by atoms with Crippen molar-refractivity contribution in [2.45, 2.75) is 38.8 Å². The van der Waals surface area contributed by atoms with Crippen LogP contribution in [0.4, 0.5) is 10.6 Å². The first-order valence-electron chi connectivity index (χ1n) is 15.1. The Hall–Kier alpha value is -4.01. The summed E-state index contributed by atoms with van der Waals surface area (Å²) in [6.45, 7) is 7.03. The van der Waals surface area contributed by atoms with Crippen LogP contribution in [0.2, 0.25) is 0 Å². The topological polar surface area (TPSA) is 157 Å². The zero-order chi connectivity index (χ0) is 32.1. The number of nitrogens with zero attached hydrogens (tertiary/aromatic N) is 4. The number of rotatable bonds is 10. The molecule has 2 aliphatic heterocycles. The predicted molar refractivity (Wildman–Crippen MR) is 171 cm³/mol. The van der Waals surface area contributed by atoms with Crippen molar-refractivity contribution in [2.24, 2.45) is 5.92 Å². The van der Waals surface area contributed by atoms with Crippen LogP contribution in [0.1, 0.15) is 35.7 Å². The Morgan fingerprint density at radius 2 is 1.80 bits per heavy atom. The fraction of sp³-hybridized carbons (Fsp3) is 0.484. The second-order valence-electron chi connectivity index (χ2n) is 11.7. The lowest BCUT2D eigenvalue weighted by Crippen LogP contribution is -2.42. The number of likely N-dealkylation sites (tertiary alicyclic amines) is 1. The molecule has 3 N–H and O–H groups in total. The van der Waals surface area contributed by atoms with Crippen molar-refractivity contribution in [3.63, 3.8) is 0 Å². The number of aromatic nitrogens is 3. The number of para-hydroxylation sites is 1. The van der Waals surface area contributed by atoms with E-state index in [9.17, 15) is 18.0 Å². The molecule has 2 atom stereocenters. The number of amides is 3. The molecule has 0 unspecified atom stereocenters. The van der Waals surface area contributed by atoms with Gasteiger partial charge in [-0.15, -0.1) is 0 Å². The van der Waals surface area contributed by atoms with Crippen LogP contribution < -0.4 is 20.7 Å². The van der Waals surface area contributed by atoms with E-state index < -0.39 is 15.7 Å². The van der Waals surface area contributed by atoms with Gasteiger partial charge in [0, 0.05) is 56.2 Å². The number of carbonyl (C=O) groups excluding carboxylic acids is 2. The number of nitrogens with one attached hydrogen (secondary N) is 3. The van der Waals surface area contributed by atoms with Crippen molar-refractivity contribution >= 4 is 27.6 Å². The minimum absolute atomic E-state index is 0.0224. The smallest absolute Gasteiger partial charge is 0.320 e. The second kappa shape index (κ2) is 14.0. The molecule has 14 heteroatoms. The Balaban J connectivity index is 1.41. The average Bonchev–Trinajstić information content (AvgIpc) is 3.55. The van der Waals surface area contributed by atoms with Crippen molar-refractivity contribution in [2.75, 3.05) is 57.3 Å². The van der Waals surface area contributed by atoms with Crippen LogP contribution >= 0.6 is 0 Å². The first-order valence-corrected chi connectivity index (χ1v) is 16.9. The molecule has 2 aromatic heterocycles. The van der Waals surface area contributed by atoms with Crippen LogP contribution in [0.15, 0.2) is 42.6 Å². The number of ether oxygens (including phenoxy) is 2. The van der Waals surface area contributed by atoms with E-state index in [1.165, 1.54) is 7.11 Å². The number of carbonyl (C=O) groups is 2. The lowest BCUT2D eigenvalue weighted by atomic mass is 10.1. The van der Waals surface area contributed by atoms with Gasteiger partial charge in [0.2, 0.25) is 5.88 Å². The van der Waals surface area contributed by atoms with Crippen molar-refractivity contribution in [3.05, 3.63) is 53.7 Å². The average molecular weight is 640 g/mol. The summed E-state index contributed by atoms with van der Waals surface area (Å²) in [6, 6.07) is 10.5. The lowest BCUT2D eigenvalue weighted by Gasteiger charge is -2.23. The molecule has 0 saturated carbocycles. The maximum Gasteiger partial charge on any atom is 0.320 e. The molecule has 45 heavy (non-hydrogen) atoms. The van der Waals surface area contributed by atoms with Gasteiger partial charge in [-0.1, -0.05) is 25.1 Å². The number of hydrogen-bond acceptors (Lipinski definition) is 9. The van der Waals surface area contributed by atoms with Crippen molar-refractivity contribution in [3.8, 4) is 22.8 Å². The molecule has 1 aromatic carbocycles. The zero-order valence-corrected chi connectivity index (χ0v) is 26.9. The molecule has 4 heterocycles. The minimum atomic E-state index is -3.07. The van der Waals surface area contributed by atoms with E-state index in [0.717, 1.165) is 25.3 Å². The zero-order valence-electron chi connectivity index (χ0n) is 26.1. The van der Waals surface area contributed by atoms with Gasteiger partial charge in [-0.25, -0.2) is 22.9 Å². The summed E-state index contributed by atoms with van der Waals surface area (Å²) in [7, 11) is 0.0498. The van der Waals surface area contributed by atoms with Gasteiger partial charge >= 0.3 is 6.03 Å². The highest BCUT2D eigenvalue weighted by molar-refractivity contribution is 7.91. The van der Waals surface area contributed by atoms with E-state index in [1.807, 2.05) is 37.3 Å². The minimum Gasteiger partial charge on any atom is -0.480 e. The van der Waals surface area contributed by atoms with E-state index >= 15 is 0 Å². The maximum absolute atomic E-state index is 13.4. The number of hydrogen-bond donors (Lipinski definition) is 3. The molecule has 0 spiro atoms. The number of pyridine rings is 1. The molecular formula is C31H41N7O6S. The van der Waals surface area contributed by atoms with E-state index in [1.54, 1.807) is 24.1 Å². The SMILES string of the molecule is COCCN1C[C@@H](C)[C@H](NC(=O)Nc2c(C)c(-c3cnc(OC)c(C(=O)NC4CCS(=O)(=O)CC4)c3)nn2-c2ccccc2)C1. The largest absolute Gasteiger partial charge is 0.480 e. The third kappa shape index (κ3) is 7.63. The number of sulfone groups is 1. The van der Waals surface area contributed by atoms with Crippen molar-refractivity contribution < 1.29 is 27.5 Å². The van der Waals surface area contributed by atoms with Gasteiger partial charge in [0.25, 0.3) is 5.91 Å². The molecule has 0 aliphatic carbocycles. The van der Waals surface area contributed by atoms with Gasteiger partial charge in [0.05, 0.1) is 36.6 Å². The Bertz CT molecular complexity index is 1610. The molecule has 2 fully saturated rings. The molecule has 0 radical (unpaired) electrons. The molecule has 13 nitrogen and oxygen atoms in total. The number of anilines is 1. The number of methoxy groups -OCH3 is 2. The summed E-state index contributed by atoms with van der Waals surface area (Å²) >= 11 is 0. The molecule has 3 amide bonds. The molecule has 3 aromatic rings. The van der Waals surface area contributed by atoms with E-state index in [-0.39, 0.29) is 47.0 Å². The summed E-state index contributed by atoms with van der Waals surface area (Å²) in [6.07, 6.45) is 2.28. The maximum atomic E-state index is 13.4. The summed E-state index contributed by atoms with van der Waals surface area (Å²) in [5.74, 6) is 0.574. The summed E-state index contributed by atoms with van der Waals surface area (Å²) in [4.78, 5) is 33.4. The Morgan fingerprint density at radius 1 is 1.07 bits per heavy atom. The van der Waals surface area contributed by atoms with E-state index in [4.69, 9.17) is 14.6 Å². The third-order valence-electron chi connectivity index (χ3n) is 8.42. The van der Waals surface area contributed by atoms with E-state index in [0.29, 0.717) is 42.1 Å². The van der Waals surface area contributed by atoms with Crippen molar-refractivity contribution in [1.29, 1.82) is 0 Å². The van der Waals surface area contributed by atoms with Crippen LogP contribution in [0.3, 0.4) is 0 Å².